The fraction of sp³-hybridized carbons (Fsp3) is 0.318. The molecule has 6 nitrogen and oxygen atoms in total. The number of aryl methyl sites for hydroxylation is 1. The summed E-state index contributed by atoms with van der Waals surface area (Å²) >= 11 is 6.05. The van der Waals surface area contributed by atoms with Gasteiger partial charge in [0.05, 0.1) is 10.9 Å². The zero-order chi connectivity index (χ0) is 20.4. The zero-order valence-electron chi connectivity index (χ0n) is 16.3. The number of benzene rings is 2. The van der Waals surface area contributed by atoms with Crippen molar-refractivity contribution in [1.29, 1.82) is 0 Å². The number of hydrogen-bond donors (Lipinski definition) is 1. The first-order chi connectivity index (χ1) is 14.1. The molecule has 150 valence electrons. The van der Waals surface area contributed by atoms with Gasteiger partial charge in [-0.1, -0.05) is 11.6 Å². The highest BCUT2D eigenvalue weighted by Gasteiger charge is 2.18. The zero-order valence-corrected chi connectivity index (χ0v) is 17.1. The SMILES string of the molecule is CCn1nc(C(=O)Nc2ccc(N3CCCCC3)cc2)c(=O)c2cc(Cl)ccc21. The van der Waals surface area contributed by atoms with Gasteiger partial charge in [-0.2, -0.15) is 5.10 Å². The van der Waals surface area contributed by atoms with Gasteiger partial charge in [0.1, 0.15) is 0 Å². The minimum Gasteiger partial charge on any atom is -0.372 e. The highest BCUT2D eigenvalue weighted by Crippen LogP contribution is 2.22. The molecule has 0 bridgehead atoms. The van der Waals surface area contributed by atoms with E-state index < -0.39 is 11.3 Å². The van der Waals surface area contributed by atoms with Crippen LogP contribution in [-0.4, -0.2) is 28.8 Å². The third-order valence-electron chi connectivity index (χ3n) is 5.28. The Morgan fingerprint density at radius 1 is 1.10 bits per heavy atom. The van der Waals surface area contributed by atoms with Gasteiger partial charge in [-0.15, -0.1) is 0 Å². The Hall–Kier alpha value is -2.86. The summed E-state index contributed by atoms with van der Waals surface area (Å²) < 4.78 is 1.64. The lowest BCUT2D eigenvalue weighted by atomic mass is 10.1. The average molecular weight is 411 g/mol. The number of carbonyl (C=O) groups is 1. The van der Waals surface area contributed by atoms with Crippen molar-refractivity contribution in [3.05, 3.63) is 63.4 Å². The minimum atomic E-state index is -0.523. The summed E-state index contributed by atoms with van der Waals surface area (Å²) in [7, 11) is 0. The molecular formula is C22H23ClN4O2. The van der Waals surface area contributed by atoms with Crippen molar-refractivity contribution in [2.24, 2.45) is 0 Å². The maximum atomic E-state index is 12.8. The molecule has 2 heterocycles. The van der Waals surface area contributed by atoms with E-state index >= 15 is 0 Å². The molecule has 0 aliphatic carbocycles. The smallest absolute Gasteiger partial charge is 0.280 e. The van der Waals surface area contributed by atoms with Gasteiger partial charge in [-0.25, -0.2) is 0 Å². The number of hydrogen-bond acceptors (Lipinski definition) is 4. The summed E-state index contributed by atoms with van der Waals surface area (Å²) in [6.45, 7) is 4.56. The summed E-state index contributed by atoms with van der Waals surface area (Å²) in [6, 6.07) is 12.8. The van der Waals surface area contributed by atoms with E-state index in [4.69, 9.17) is 11.6 Å². The van der Waals surface area contributed by atoms with E-state index in [0.717, 1.165) is 18.8 Å². The van der Waals surface area contributed by atoms with Crippen LogP contribution in [-0.2, 0) is 6.54 Å². The number of rotatable bonds is 4. The van der Waals surface area contributed by atoms with Crippen LogP contribution < -0.4 is 15.6 Å². The molecule has 4 rings (SSSR count). The summed E-state index contributed by atoms with van der Waals surface area (Å²) in [4.78, 5) is 28.0. The molecule has 1 amide bonds. The third-order valence-corrected chi connectivity index (χ3v) is 5.51. The second kappa shape index (κ2) is 8.25. The van der Waals surface area contributed by atoms with Crippen molar-refractivity contribution in [3.8, 4) is 0 Å². The van der Waals surface area contributed by atoms with Crippen LogP contribution in [0.4, 0.5) is 11.4 Å². The molecule has 7 heteroatoms. The van der Waals surface area contributed by atoms with E-state index in [1.54, 1.807) is 22.9 Å². The van der Waals surface area contributed by atoms with Crippen LogP contribution >= 0.6 is 11.6 Å². The molecule has 1 saturated heterocycles. The van der Waals surface area contributed by atoms with Crippen molar-refractivity contribution in [3.63, 3.8) is 0 Å². The van der Waals surface area contributed by atoms with Gasteiger partial charge in [-0.3, -0.25) is 14.3 Å². The van der Waals surface area contributed by atoms with E-state index in [0.29, 0.717) is 28.2 Å². The fourth-order valence-corrected chi connectivity index (χ4v) is 3.92. The van der Waals surface area contributed by atoms with Crippen LogP contribution in [0.3, 0.4) is 0 Å². The molecule has 0 atom stereocenters. The highest BCUT2D eigenvalue weighted by molar-refractivity contribution is 6.31. The number of nitrogens with one attached hydrogen (secondary N) is 1. The van der Waals surface area contributed by atoms with Crippen molar-refractivity contribution in [2.45, 2.75) is 32.7 Å². The van der Waals surface area contributed by atoms with Gasteiger partial charge in [0.15, 0.2) is 5.69 Å². The molecule has 29 heavy (non-hydrogen) atoms. The first-order valence-electron chi connectivity index (χ1n) is 9.93. The standard InChI is InChI=1S/C22H23ClN4O2/c1-2-27-19-11-6-15(23)14-18(19)21(28)20(25-27)22(29)24-16-7-9-17(10-8-16)26-12-4-3-5-13-26/h6-11,14H,2-5,12-13H2,1H3,(H,24,29). The molecule has 1 aromatic heterocycles. The lowest BCUT2D eigenvalue weighted by molar-refractivity contribution is 0.101. The number of fused-ring (bicyclic) bond motifs is 1. The van der Waals surface area contributed by atoms with E-state index in [9.17, 15) is 9.59 Å². The largest absolute Gasteiger partial charge is 0.372 e. The second-order valence-electron chi connectivity index (χ2n) is 7.20. The number of carbonyl (C=O) groups excluding carboxylic acids is 1. The van der Waals surface area contributed by atoms with Crippen LogP contribution in [0.2, 0.25) is 5.02 Å². The van der Waals surface area contributed by atoms with Crippen LogP contribution in [0.5, 0.6) is 0 Å². The molecule has 2 aromatic carbocycles. The van der Waals surface area contributed by atoms with E-state index in [1.807, 2.05) is 31.2 Å². The summed E-state index contributed by atoms with van der Waals surface area (Å²) in [5.74, 6) is -0.523. The van der Waals surface area contributed by atoms with Gasteiger partial charge >= 0.3 is 0 Å². The lowest BCUT2D eigenvalue weighted by Crippen LogP contribution is -2.29. The number of anilines is 2. The van der Waals surface area contributed by atoms with Crippen LogP contribution in [0, 0.1) is 0 Å². The summed E-state index contributed by atoms with van der Waals surface area (Å²) in [6.07, 6.45) is 3.70. The van der Waals surface area contributed by atoms with Crippen molar-refractivity contribution < 1.29 is 4.79 Å². The maximum absolute atomic E-state index is 12.8. The summed E-state index contributed by atoms with van der Waals surface area (Å²) in [5.41, 5.74) is 1.88. The predicted octanol–water partition coefficient (Wildman–Crippen LogP) is 4.31. The van der Waals surface area contributed by atoms with Gasteiger partial charge in [0, 0.05) is 36.0 Å². The molecule has 0 saturated carbocycles. The summed E-state index contributed by atoms with van der Waals surface area (Å²) in [5, 5.41) is 7.91. The second-order valence-corrected chi connectivity index (χ2v) is 7.64. The van der Waals surface area contributed by atoms with Gasteiger partial charge in [-0.05, 0) is 68.7 Å². The predicted molar refractivity (Wildman–Crippen MR) is 117 cm³/mol. The van der Waals surface area contributed by atoms with Crippen LogP contribution in [0.1, 0.15) is 36.7 Å². The van der Waals surface area contributed by atoms with E-state index in [-0.39, 0.29) is 5.69 Å². The van der Waals surface area contributed by atoms with Crippen LogP contribution in [0.15, 0.2) is 47.3 Å². The molecule has 1 aliphatic heterocycles. The normalized spacial score (nSPS) is 14.2. The highest BCUT2D eigenvalue weighted by atomic mass is 35.5. The maximum Gasteiger partial charge on any atom is 0.280 e. The first-order valence-corrected chi connectivity index (χ1v) is 10.3. The average Bonchev–Trinajstić information content (AvgIpc) is 2.75. The Morgan fingerprint density at radius 3 is 2.52 bits per heavy atom. The number of piperidine rings is 1. The van der Waals surface area contributed by atoms with Crippen molar-refractivity contribution >= 4 is 39.8 Å². The molecule has 1 fully saturated rings. The molecule has 1 N–H and O–H groups in total. The number of halogens is 1. The van der Waals surface area contributed by atoms with E-state index in [1.165, 1.54) is 19.3 Å². The monoisotopic (exact) mass is 410 g/mol. The number of amides is 1. The third kappa shape index (κ3) is 3.98. The van der Waals surface area contributed by atoms with Gasteiger partial charge < -0.3 is 10.2 Å². The Bertz CT molecular complexity index is 1100. The Morgan fingerprint density at radius 2 is 1.83 bits per heavy atom. The first kappa shape index (κ1) is 19.5. The Kier molecular flexibility index (Phi) is 5.53. The van der Waals surface area contributed by atoms with Crippen molar-refractivity contribution in [2.75, 3.05) is 23.3 Å². The molecule has 3 aromatic rings. The molecule has 0 radical (unpaired) electrons. The van der Waals surface area contributed by atoms with Crippen molar-refractivity contribution in [1.82, 2.24) is 9.78 Å². The number of aromatic nitrogens is 2. The molecule has 0 unspecified atom stereocenters. The Labute approximate surface area is 174 Å². The van der Waals surface area contributed by atoms with Gasteiger partial charge in [0.2, 0.25) is 5.43 Å². The Balaban J connectivity index is 1.60. The minimum absolute atomic E-state index is 0.137. The molecule has 0 spiro atoms. The van der Waals surface area contributed by atoms with E-state index in [2.05, 4.69) is 15.3 Å². The molecule has 1 aliphatic rings. The fourth-order valence-electron chi connectivity index (χ4n) is 3.75. The molecular weight excluding hydrogens is 388 g/mol. The number of nitrogens with zero attached hydrogens (tertiary/aromatic N) is 3. The van der Waals surface area contributed by atoms with Gasteiger partial charge in [0.25, 0.3) is 5.91 Å². The lowest BCUT2D eigenvalue weighted by Gasteiger charge is -2.28. The van der Waals surface area contributed by atoms with Crippen LogP contribution in [0.25, 0.3) is 10.9 Å². The topological polar surface area (TPSA) is 67.2 Å². The quantitative estimate of drug-likeness (QED) is 0.695.